The Labute approximate surface area is 179 Å². The van der Waals surface area contributed by atoms with E-state index in [1.165, 1.54) is 6.20 Å². The van der Waals surface area contributed by atoms with Gasteiger partial charge in [0.2, 0.25) is 0 Å². The van der Waals surface area contributed by atoms with E-state index in [-0.39, 0.29) is 5.91 Å². The molecule has 0 unspecified atom stereocenters. The molecule has 2 rings (SSSR count). The van der Waals surface area contributed by atoms with Crippen molar-refractivity contribution in [2.75, 3.05) is 5.32 Å². The highest BCUT2D eigenvalue weighted by atomic mass is 16.5. The Kier molecular flexibility index (Phi) is 6.75. The van der Waals surface area contributed by atoms with Crippen LogP contribution in [-0.2, 0) is 10.1 Å². The van der Waals surface area contributed by atoms with Gasteiger partial charge in [-0.25, -0.2) is 0 Å². The Balaban J connectivity index is 2.19. The zero-order valence-corrected chi connectivity index (χ0v) is 18.8. The summed E-state index contributed by atoms with van der Waals surface area (Å²) < 4.78 is 5.97. The van der Waals surface area contributed by atoms with Crippen LogP contribution in [0.1, 0.15) is 63.2 Å². The van der Waals surface area contributed by atoms with Crippen LogP contribution in [0.5, 0.6) is 0 Å². The summed E-state index contributed by atoms with van der Waals surface area (Å²) in [7, 11) is 0.308. The highest BCUT2D eigenvalue weighted by Crippen LogP contribution is 2.24. The zero-order valence-electron chi connectivity index (χ0n) is 18.8. The molecule has 1 heterocycles. The predicted octanol–water partition coefficient (Wildman–Crippen LogP) is 2.99. The van der Waals surface area contributed by atoms with Gasteiger partial charge in [-0.3, -0.25) is 9.78 Å². The topological polar surface area (TPSA) is 95.2 Å². The largest absolute Gasteiger partial charge is 0.427 e. The van der Waals surface area contributed by atoms with Gasteiger partial charge < -0.3 is 15.1 Å². The van der Waals surface area contributed by atoms with Crippen LogP contribution in [-0.4, -0.2) is 34.7 Å². The lowest BCUT2D eigenvalue weighted by molar-refractivity contribution is -0.0893. The molecule has 158 valence electrons. The predicted molar refractivity (Wildman–Crippen MR) is 120 cm³/mol. The van der Waals surface area contributed by atoms with E-state index in [0.717, 1.165) is 11.0 Å². The Morgan fingerprint density at radius 2 is 1.83 bits per heavy atom. The second kappa shape index (κ2) is 8.59. The fourth-order valence-corrected chi connectivity index (χ4v) is 2.51. The van der Waals surface area contributed by atoms with Crippen molar-refractivity contribution in [1.82, 2.24) is 4.98 Å². The van der Waals surface area contributed by atoms with Crippen LogP contribution in [0.15, 0.2) is 36.5 Å². The number of aromatic nitrogens is 1. The second-order valence-electron chi connectivity index (χ2n) is 9.12. The van der Waals surface area contributed by atoms with E-state index >= 15 is 0 Å². The number of rotatable bonds is 7. The van der Waals surface area contributed by atoms with Crippen LogP contribution in [0, 0.1) is 18.3 Å². The number of nitriles is 1. The minimum atomic E-state index is -0.997. The van der Waals surface area contributed by atoms with Gasteiger partial charge in [-0.05, 0) is 78.2 Å². The SMILES string of the molecule is Cc1ccc(NC(=O)c2ccnc(C(C)(C)C#N)c2)cc1BOC(C)(C)C(C)(C)O. The van der Waals surface area contributed by atoms with E-state index in [4.69, 9.17) is 4.65 Å². The molecule has 0 radical (unpaired) electrons. The second-order valence-corrected chi connectivity index (χ2v) is 9.12. The average molecular weight is 407 g/mol. The molecular formula is C23H30BN3O3. The first kappa shape index (κ1) is 23.6. The lowest BCUT2D eigenvalue weighted by Crippen LogP contribution is -2.49. The van der Waals surface area contributed by atoms with Crippen molar-refractivity contribution in [3.8, 4) is 6.07 Å². The van der Waals surface area contributed by atoms with Crippen molar-refractivity contribution < 1.29 is 14.6 Å². The number of aliphatic hydroxyl groups is 1. The van der Waals surface area contributed by atoms with Gasteiger partial charge in [0.15, 0.2) is 0 Å². The zero-order chi connectivity index (χ0) is 22.7. The van der Waals surface area contributed by atoms with Crippen molar-refractivity contribution in [2.24, 2.45) is 0 Å². The summed E-state index contributed by atoms with van der Waals surface area (Å²) in [6.45, 7) is 12.6. The number of amides is 1. The fourth-order valence-electron chi connectivity index (χ4n) is 2.51. The number of nitrogens with zero attached hydrogens (tertiary/aromatic N) is 2. The third-order valence-electron chi connectivity index (χ3n) is 5.61. The molecule has 0 spiro atoms. The normalized spacial score (nSPS) is 12.2. The van der Waals surface area contributed by atoms with Crippen molar-refractivity contribution in [3.63, 3.8) is 0 Å². The number of carbonyl (C=O) groups excluding carboxylic acids is 1. The van der Waals surface area contributed by atoms with Gasteiger partial charge in [0, 0.05) is 17.4 Å². The summed E-state index contributed by atoms with van der Waals surface area (Å²) in [6.07, 6.45) is 1.54. The monoisotopic (exact) mass is 407 g/mol. The molecule has 0 bridgehead atoms. The lowest BCUT2D eigenvalue weighted by atomic mass is 9.80. The van der Waals surface area contributed by atoms with Crippen LogP contribution in [0.2, 0.25) is 0 Å². The van der Waals surface area contributed by atoms with Gasteiger partial charge in [0.05, 0.1) is 28.4 Å². The molecule has 0 saturated heterocycles. The maximum atomic E-state index is 12.7. The van der Waals surface area contributed by atoms with Crippen LogP contribution in [0.4, 0.5) is 5.69 Å². The smallest absolute Gasteiger partial charge is 0.309 e. The van der Waals surface area contributed by atoms with Gasteiger partial charge in [0.25, 0.3) is 5.91 Å². The highest BCUT2D eigenvalue weighted by molar-refractivity contribution is 6.48. The molecule has 6 nitrogen and oxygen atoms in total. The van der Waals surface area contributed by atoms with Gasteiger partial charge in [0.1, 0.15) is 0 Å². The average Bonchev–Trinajstić information content (AvgIpc) is 2.67. The van der Waals surface area contributed by atoms with Crippen LogP contribution in [0.25, 0.3) is 0 Å². The van der Waals surface area contributed by atoms with Crippen LogP contribution >= 0.6 is 0 Å². The highest BCUT2D eigenvalue weighted by Gasteiger charge is 2.35. The maximum Gasteiger partial charge on any atom is 0.309 e. The maximum absolute atomic E-state index is 12.7. The minimum absolute atomic E-state index is 0.278. The number of benzene rings is 1. The molecule has 1 amide bonds. The third kappa shape index (κ3) is 5.47. The quantitative estimate of drug-likeness (QED) is 0.688. The Hall–Kier alpha value is -2.69. The van der Waals surface area contributed by atoms with E-state index in [1.807, 2.05) is 39.0 Å². The molecule has 0 saturated carbocycles. The van der Waals surface area contributed by atoms with Crippen molar-refractivity contribution in [2.45, 2.75) is 65.1 Å². The molecule has 2 aromatic rings. The molecule has 0 atom stereocenters. The van der Waals surface area contributed by atoms with E-state index in [0.29, 0.717) is 24.4 Å². The molecule has 2 N–H and O–H groups in total. The molecule has 1 aromatic carbocycles. The van der Waals surface area contributed by atoms with E-state index in [9.17, 15) is 15.2 Å². The lowest BCUT2D eigenvalue weighted by Gasteiger charge is -2.37. The molecule has 1 aromatic heterocycles. The number of nitrogens with one attached hydrogen (secondary N) is 1. The molecule has 0 aliphatic carbocycles. The summed E-state index contributed by atoms with van der Waals surface area (Å²) >= 11 is 0. The first-order chi connectivity index (χ1) is 13.8. The number of hydrogen-bond donors (Lipinski definition) is 2. The molecule has 0 fully saturated rings. The van der Waals surface area contributed by atoms with E-state index < -0.39 is 16.6 Å². The molecule has 0 aliphatic rings. The van der Waals surface area contributed by atoms with Crippen LogP contribution in [0.3, 0.4) is 0 Å². The Bertz CT molecular complexity index is 972. The summed E-state index contributed by atoms with van der Waals surface area (Å²) in [4.78, 5) is 17.0. The first-order valence-corrected chi connectivity index (χ1v) is 9.92. The van der Waals surface area contributed by atoms with Gasteiger partial charge in [-0.2, -0.15) is 5.26 Å². The third-order valence-corrected chi connectivity index (χ3v) is 5.61. The van der Waals surface area contributed by atoms with Crippen molar-refractivity contribution in [1.29, 1.82) is 5.26 Å². The van der Waals surface area contributed by atoms with Gasteiger partial charge >= 0.3 is 7.48 Å². The van der Waals surface area contributed by atoms with Crippen molar-refractivity contribution >= 4 is 24.5 Å². The number of hydrogen-bond acceptors (Lipinski definition) is 5. The van der Waals surface area contributed by atoms with E-state index in [1.54, 1.807) is 39.8 Å². The standard InChI is InChI=1S/C23H30BN3O3/c1-15-8-9-17(13-18(15)24-30-23(6,7)22(4,5)29)27-20(28)16-10-11-26-19(12-16)21(2,3)14-25/h8-13,24,29H,1-7H3,(H,27,28). The molecule has 7 heteroatoms. The first-order valence-electron chi connectivity index (χ1n) is 9.92. The summed E-state index contributed by atoms with van der Waals surface area (Å²) in [5.74, 6) is -0.278. The number of pyridine rings is 1. The molecule has 30 heavy (non-hydrogen) atoms. The van der Waals surface area contributed by atoms with Crippen molar-refractivity contribution in [3.05, 3.63) is 53.3 Å². The number of anilines is 1. The number of aryl methyl sites for hydroxylation is 1. The summed E-state index contributed by atoms with van der Waals surface area (Å²) in [5, 5.41) is 22.5. The van der Waals surface area contributed by atoms with Crippen LogP contribution < -0.4 is 10.8 Å². The number of carbonyl (C=O) groups is 1. The fraction of sp³-hybridized carbons (Fsp3) is 0.435. The van der Waals surface area contributed by atoms with Gasteiger partial charge in [-0.15, -0.1) is 0 Å². The summed E-state index contributed by atoms with van der Waals surface area (Å²) in [5.41, 5.74) is 1.06. The summed E-state index contributed by atoms with van der Waals surface area (Å²) in [6, 6.07) is 11.1. The molecule has 0 aliphatic heterocycles. The Morgan fingerprint density at radius 1 is 1.17 bits per heavy atom. The molecular weight excluding hydrogens is 377 g/mol. The van der Waals surface area contributed by atoms with E-state index in [2.05, 4.69) is 16.4 Å². The Morgan fingerprint density at radius 3 is 2.43 bits per heavy atom. The minimum Gasteiger partial charge on any atom is -0.427 e. The van der Waals surface area contributed by atoms with Gasteiger partial charge in [-0.1, -0.05) is 11.6 Å².